The van der Waals surface area contributed by atoms with E-state index in [0.29, 0.717) is 24.5 Å². The van der Waals surface area contributed by atoms with E-state index in [1.807, 2.05) is 31.5 Å². The molecule has 1 aromatic heterocycles. The lowest BCUT2D eigenvalue weighted by atomic mass is 10.2. The second-order valence-corrected chi connectivity index (χ2v) is 9.54. The van der Waals surface area contributed by atoms with Gasteiger partial charge in [0.2, 0.25) is 15.9 Å². The summed E-state index contributed by atoms with van der Waals surface area (Å²) in [7, 11) is -3.57. The molecular formula is C19H25ClN4O3S. The Morgan fingerprint density at radius 3 is 2.29 bits per heavy atom. The third-order valence-corrected chi connectivity index (χ3v) is 7.14. The molecule has 1 aliphatic rings. The summed E-state index contributed by atoms with van der Waals surface area (Å²) < 4.78 is 28.8. The highest BCUT2D eigenvalue weighted by molar-refractivity contribution is 7.89. The van der Waals surface area contributed by atoms with E-state index in [2.05, 4.69) is 5.10 Å². The van der Waals surface area contributed by atoms with Gasteiger partial charge in [-0.1, -0.05) is 11.6 Å². The Morgan fingerprint density at radius 1 is 1.14 bits per heavy atom. The highest BCUT2D eigenvalue weighted by Gasteiger charge is 2.30. The smallest absolute Gasteiger partial charge is 0.243 e. The van der Waals surface area contributed by atoms with Crippen molar-refractivity contribution in [3.63, 3.8) is 0 Å². The van der Waals surface area contributed by atoms with Crippen LogP contribution < -0.4 is 0 Å². The Bertz CT molecular complexity index is 948. The van der Waals surface area contributed by atoms with Crippen LogP contribution in [0.25, 0.3) is 0 Å². The molecule has 1 fully saturated rings. The molecule has 0 radical (unpaired) electrons. The maximum Gasteiger partial charge on any atom is 0.243 e. The lowest BCUT2D eigenvalue weighted by Gasteiger charge is -2.34. The molecule has 2 aromatic rings. The predicted molar refractivity (Wildman–Crippen MR) is 108 cm³/mol. The summed E-state index contributed by atoms with van der Waals surface area (Å²) in [6, 6.07) is 8.08. The summed E-state index contributed by atoms with van der Waals surface area (Å²) in [6.07, 6.45) is 0.339. The minimum atomic E-state index is -3.57. The van der Waals surface area contributed by atoms with Crippen LogP contribution in [0.5, 0.6) is 0 Å². The van der Waals surface area contributed by atoms with Gasteiger partial charge >= 0.3 is 0 Å². The van der Waals surface area contributed by atoms with Crippen LogP contribution in [-0.4, -0.2) is 59.5 Å². The fourth-order valence-electron chi connectivity index (χ4n) is 3.49. The summed E-state index contributed by atoms with van der Waals surface area (Å²) in [5.74, 6) is 0.0172. The topological polar surface area (TPSA) is 75.5 Å². The molecule has 1 saturated heterocycles. The second-order valence-electron chi connectivity index (χ2n) is 7.16. The second kappa shape index (κ2) is 8.23. The van der Waals surface area contributed by atoms with E-state index >= 15 is 0 Å². The van der Waals surface area contributed by atoms with Gasteiger partial charge in [-0.25, -0.2) is 8.42 Å². The van der Waals surface area contributed by atoms with Gasteiger partial charge in [-0.3, -0.25) is 9.48 Å². The molecule has 0 unspecified atom stereocenters. The standard InChI is InChI=1S/C19H25ClN4O3S/c1-14-12-15(2)24(21-14)16(3)13-19(25)22-8-10-23(11-9-22)28(26,27)18-6-4-17(20)5-7-18/h4-7,12,16H,8-11,13H2,1-3H3/t16-/m1/s1. The summed E-state index contributed by atoms with van der Waals surface area (Å²) in [6.45, 7) is 7.21. The Hall–Kier alpha value is -1.90. The largest absolute Gasteiger partial charge is 0.340 e. The first-order valence-corrected chi connectivity index (χ1v) is 11.1. The van der Waals surface area contributed by atoms with E-state index in [-0.39, 0.29) is 29.9 Å². The number of nitrogens with zero attached hydrogens (tertiary/aromatic N) is 4. The van der Waals surface area contributed by atoms with E-state index in [4.69, 9.17) is 11.6 Å². The van der Waals surface area contributed by atoms with E-state index in [1.165, 1.54) is 16.4 Å². The van der Waals surface area contributed by atoms with Crippen LogP contribution in [0.1, 0.15) is 30.8 Å². The zero-order valence-electron chi connectivity index (χ0n) is 16.3. The summed E-state index contributed by atoms with van der Waals surface area (Å²) >= 11 is 5.84. The average molecular weight is 425 g/mol. The van der Waals surface area contributed by atoms with Gasteiger partial charge in [0.15, 0.2) is 0 Å². The number of sulfonamides is 1. The van der Waals surface area contributed by atoms with Gasteiger partial charge in [0.05, 0.1) is 16.6 Å². The number of piperazine rings is 1. The van der Waals surface area contributed by atoms with Crippen LogP contribution in [0.3, 0.4) is 0 Å². The first-order chi connectivity index (χ1) is 13.2. The lowest BCUT2D eigenvalue weighted by Crippen LogP contribution is -2.50. The number of carbonyl (C=O) groups excluding carboxylic acids is 1. The van der Waals surface area contributed by atoms with Gasteiger partial charge < -0.3 is 4.90 Å². The van der Waals surface area contributed by atoms with Crippen LogP contribution in [-0.2, 0) is 14.8 Å². The summed E-state index contributed by atoms with van der Waals surface area (Å²) in [4.78, 5) is 14.6. The molecule has 0 aliphatic carbocycles. The Morgan fingerprint density at radius 2 is 1.75 bits per heavy atom. The average Bonchev–Trinajstić information content (AvgIpc) is 3.00. The Balaban J connectivity index is 1.59. The number of hydrogen-bond donors (Lipinski definition) is 0. The number of carbonyl (C=O) groups is 1. The molecule has 7 nitrogen and oxygen atoms in total. The normalized spacial score (nSPS) is 16.9. The number of rotatable bonds is 5. The molecule has 1 atom stereocenters. The third kappa shape index (κ3) is 4.39. The van der Waals surface area contributed by atoms with Crippen LogP contribution in [0, 0.1) is 13.8 Å². The summed E-state index contributed by atoms with van der Waals surface area (Å²) in [5.41, 5.74) is 1.95. The lowest BCUT2D eigenvalue weighted by molar-refractivity contribution is -0.133. The maximum atomic E-state index is 12.7. The molecule has 1 aliphatic heterocycles. The monoisotopic (exact) mass is 424 g/mol. The van der Waals surface area contributed by atoms with Gasteiger partial charge in [-0.05, 0) is 51.1 Å². The van der Waals surface area contributed by atoms with Crippen molar-refractivity contribution in [3.8, 4) is 0 Å². The molecule has 9 heteroatoms. The van der Waals surface area contributed by atoms with Crippen molar-refractivity contribution in [3.05, 3.63) is 46.7 Å². The van der Waals surface area contributed by atoms with Crippen molar-refractivity contribution in [1.82, 2.24) is 19.0 Å². The van der Waals surface area contributed by atoms with Gasteiger partial charge in [-0.15, -0.1) is 0 Å². The fourth-order valence-corrected chi connectivity index (χ4v) is 5.04. The molecule has 28 heavy (non-hydrogen) atoms. The third-order valence-electron chi connectivity index (χ3n) is 4.97. The van der Waals surface area contributed by atoms with Gasteiger partial charge in [0, 0.05) is 43.3 Å². The summed E-state index contributed by atoms with van der Waals surface area (Å²) in [5, 5.41) is 4.93. The zero-order chi connectivity index (χ0) is 20.5. The molecular weight excluding hydrogens is 400 g/mol. The van der Waals surface area contributed by atoms with Gasteiger partial charge in [0.25, 0.3) is 0 Å². The molecule has 0 spiro atoms. The number of aromatic nitrogens is 2. The van der Waals surface area contributed by atoms with E-state index in [0.717, 1.165) is 11.4 Å². The van der Waals surface area contributed by atoms with Gasteiger partial charge in [-0.2, -0.15) is 9.40 Å². The molecule has 3 rings (SSSR count). The van der Waals surface area contributed by atoms with Crippen molar-refractivity contribution >= 4 is 27.5 Å². The first-order valence-electron chi connectivity index (χ1n) is 9.24. The zero-order valence-corrected chi connectivity index (χ0v) is 17.9. The number of amides is 1. The Kier molecular flexibility index (Phi) is 6.12. The minimum Gasteiger partial charge on any atom is -0.340 e. The van der Waals surface area contributed by atoms with Gasteiger partial charge in [0.1, 0.15) is 0 Å². The van der Waals surface area contributed by atoms with Crippen molar-refractivity contribution in [2.24, 2.45) is 0 Å². The van der Waals surface area contributed by atoms with Crippen molar-refractivity contribution in [2.45, 2.75) is 38.1 Å². The molecule has 1 amide bonds. The van der Waals surface area contributed by atoms with E-state index < -0.39 is 10.0 Å². The number of benzene rings is 1. The molecule has 2 heterocycles. The number of aryl methyl sites for hydroxylation is 2. The quantitative estimate of drug-likeness (QED) is 0.739. The van der Waals surface area contributed by atoms with E-state index in [1.54, 1.807) is 17.0 Å². The maximum absolute atomic E-state index is 12.7. The highest BCUT2D eigenvalue weighted by Crippen LogP contribution is 2.21. The van der Waals surface area contributed by atoms with E-state index in [9.17, 15) is 13.2 Å². The molecule has 0 bridgehead atoms. The van der Waals surface area contributed by atoms with Crippen molar-refractivity contribution < 1.29 is 13.2 Å². The molecule has 1 aromatic carbocycles. The van der Waals surface area contributed by atoms with Crippen molar-refractivity contribution in [2.75, 3.05) is 26.2 Å². The van der Waals surface area contributed by atoms with Crippen molar-refractivity contribution in [1.29, 1.82) is 0 Å². The van der Waals surface area contributed by atoms with Crippen LogP contribution in [0.15, 0.2) is 35.2 Å². The number of halogens is 1. The minimum absolute atomic E-state index is 0.0172. The van der Waals surface area contributed by atoms with Crippen LogP contribution in [0.4, 0.5) is 0 Å². The Labute approximate surface area is 170 Å². The SMILES string of the molecule is Cc1cc(C)n([C@H](C)CC(=O)N2CCN(S(=O)(=O)c3ccc(Cl)cc3)CC2)n1. The van der Waals surface area contributed by atoms with Crippen LogP contribution >= 0.6 is 11.6 Å². The predicted octanol–water partition coefficient (Wildman–Crippen LogP) is 2.64. The first kappa shape index (κ1) is 20.8. The molecule has 152 valence electrons. The fraction of sp³-hybridized carbons (Fsp3) is 0.474. The molecule has 0 saturated carbocycles. The van der Waals surface area contributed by atoms with Crippen LogP contribution in [0.2, 0.25) is 5.02 Å². The highest BCUT2D eigenvalue weighted by atomic mass is 35.5. The number of hydrogen-bond acceptors (Lipinski definition) is 4. The molecule has 0 N–H and O–H groups in total.